The summed E-state index contributed by atoms with van der Waals surface area (Å²) in [5, 5.41) is 5.75. The third kappa shape index (κ3) is 16.1. The van der Waals surface area contributed by atoms with Gasteiger partial charge in [-0.05, 0) is 61.9 Å². The average Bonchev–Trinajstić information content (AvgIpc) is 3.69. The molecule has 0 radical (unpaired) electrons. The van der Waals surface area contributed by atoms with Crippen LogP contribution in [-0.2, 0) is 34.6 Å². The first-order valence-corrected chi connectivity index (χ1v) is 19.6. The van der Waals surface area contributed by atoms with E-state index in [1.807, 2.05) is 6.92 Å². The minimum atomic E-state index is -4.63. The molecule has 0 atom stereocenters. The molecule has 0 aliphatic heterocycles. The summed E-state index contributed by atoms with van der Waals surface area (Å²) in [7, 11) is 0. The number of carbonyl (C=O) groups is 1. The molecule has 328 valence electrons. The Morgan fingerprint density at radius 2 is 1.39 bits per heavy atom. The topological polar surface area (TPSA) is 188 Å². The fourth-order valence-electron chi connectivity index (χ4n) is 5.50. The maximum Gasteiger partial charge on any atom is 0.416 e. The van der Waals surface area contributed by atoms with E-state index >= 15 is 0 Å². The number of aromatic nitrogens is 5. The van der Waals surface area contributed by atoms with Gasteiger partial charge in [0.25, 0.3) is 5.91 Å². The van der Waals surface area contributed by atoms with E-state index < -0.39 is 17.6 Å². The van der Waals surface area contributed by atoms with Gasteiger partial charge in [0.15, 0.2) is 0 Å². The van der Waals surface area contributed by atoms with Crippen molar-refractivity contribution in [2.45, 2.75) is 20.0 Å². The fourth-order valence-corrected chi connectivity index (χ4v) is 5.50. The maximum atomic E-state index is 13.8. The van der Waals surface area contributed by atoms with Gasteiger partial charge in [-0.15, -0.1) is 0 Å². The molecule has 0 aliphatic rings. The molecule has 0 saturated heterocycles. The molecule has 1 amide bonds. The number of benzene rings is 2. The lowest BCUT2D eigenvalue weighted by atomic mass is 10.1. The number of nitrogens with two attached hydrogens (primary N) is 1. The molecule has 2 aromatic carbocycles. The van der Waals surface area contributed by atoms with Gasteiger partial charge in [0.2, 0.25) is 5.95 Å². The van der Waals surface area contributed by atoms with Gasteiger partial charge in [0, 0.05) is 53.3 Å². The van der Waals surface area contributed by atoms with Gasteiger partial charge in [-0.3, -0.25) is 9.78 Å². The summed E-state index contributed by atoms with van der Waals surface area (Å²) >= 11 is 0. The number of hydrogen-bond acceptors (Lipinski definition) is 14. The Labute approximate surface area is 351 Å². The Bertz CT molecular complexity index is 2110. The number of rotatable bonds is 27. The standard InChI is InChI=1S/C42H51F3N8O8/c1-30-3-4-32(40(54)50-35-23-34(42(43,44)45)24-36(25-35)53-28-31(2)49-29-53)22-39(30)52-41-48-7-5-38(51-41)33-21-37(27-47-26-33)61-20-19-60-18-17-59-16-15-58-14-13-57-12-11-56-10-9-55-8-6-46/h3-5,7,21-29H,6,8-20,46H2,1-2H3,(H,50,54)(H,48,51,52). The van der Waals surface area contributed by atoms with E-state index in [-0.39, 0.29) is 22.9 Å². The van der Waals surface area contributed by atoms with Gasteiger partial charge in [-0.2, -0.15) is 13.2 Å². The first-order valence-electron chi connectivity index (χ1n) is 19.6. The minimum absolute atomic E-state index is 0.0268. The zero-order valence-electron chi connectivity index (χ0n) is 34.1. The van der Waals surface area contributed by atoms with Crippen LogP contribution in [0.4, 0.5) is 30.5 Å². The number of alkyl halides is 3. The molecule has 16 nitrogen and oxygen atoms in total. The lowest BCUT2D eigenvalue weighted by Gasteiger charge is -2.14. The molecule has 0 fully saturated rings. The van der Waals surface area contributed by atoms with Crippen molar-refractivity contribution in [3.05, 3.63) is 102 Å². The van der Waals surface area contributed by atoms with Gasteiger partial charge in [-0.1, -0.05) is 6.07 Å². The molecule has 19 heteroatoms. The monoisotopic (exact) mass is 852 g/mol. The second-order valence-corrected chi connectivity index (χ2v) is 13.3. The van der Waals surface area contributed by atoms with Crippen LogP contribution >= 0.6 is 0 Å². The van der Waals surface area contributed by atoms with Crippen LogP contribution in [0.2, 0.25) is 0 Å². The average molecular weight is 853 g/mol. The highest BCUT2D eigenvalue weighted by Gasteiger charge is 2.31. The predicted molar refractivity (Wildman–Crippen MR) is 220 cm³/mol. The molecule has 4 N–H and O–H groups in total. The van der Waals surface area contributed by atoms with Crippen molar-refractivity contribution in [3.8, 4) is 22.7 Å². The lowest BCUT2D eigenvalue weighted by molar-refractivity contribution is -0.137. The van der Waals surface area contributed by atoms with Crippen molar-refractivity contribution in [3.63, 3.8) is 0 Å². The van der Waals surface area contributed by atoms with Crippen molar-refractivity contribution in [2.75, 3.05) is 103 Å². The van der Waals surface area contributed by atoms with Crippen LogP contribution in [0.15, 0.2) is 79.6 Å². The molecule has 3 aromatic heterocycles. The van der Waals surface area contributed by atoms with Crippen LogP contribution in [0, 0.1) is 13.8 Å². The van der Waals surface area contributed by atoms with E-state index in [0.717, 1.165) is 17.7 Å². The van der Waals surface area contributed by atoms with Gasteiger partial charge in [-0.25, -0.2) is 15.0 Å². The highest BCUT2D eigenvalue weighted by Crippen LogP contribution is 2.33. The number of hydrogen-bond donors (Lipinski definition) is 3. The smallest absolute Gasteiger partial charge is 0.416 e. The Kier molecular flexibility index (Phi) is 18.8. The lowest BCUT2D eigenvalue weighted by Crippen LogP contribution is -2.15. The summed E-state index contributed by atoms with van der Waals surface area (Å²) in [6.45, 7) is 9.88. The summed E-state index contributed by atoms with van der Waals surface area (Å²) in [5.74, 6) is 0.164. The predicted octanol–water partition coefficient (Wildman–Crippen LogP) is 5.79. The second-order valence-electron chi connectivity index (χ2n) is 13.3. The molecular formula is C42H51F3N8O8. The molecule has 5 rings (SSSR count). The molecule has 5 aromatic rings. The number of carbonyl (C=O) groups excluding carboxylic acids is 1. The van der Waals surface area contributed by atoms with Crippen LogP contribution in [-0.4, -0.2) is 123 Å². The molecule has 0 spiro atoms. The third-order valence-electron chi connectivity index (χ3n) is 8.54. The first-order chi connectivity index (χ1) is 29.6. The number of anilines is 3. The van der Waals surface area contributed by atoms with E-state index in [2.05, 4.69) is 30.6 Å². The zero-order valence-corrected chi connectivity index (χ0v) is 34.1. The highest BCUT2D eigenvalue weighted by atomic mass is 19.4. The molecule has 3 heterocycles. The summed E-state index contributed by atoms with van der Waals surface area (Å²) in [4.78, 5) is 30.7. The number of amides is 1. The van der Waals surface area contributed by atoms with E-state index in [4.69, 9.17) is 38.9 Å². The van der Waals surface area contributed by atoms with Crippen LogP contribution in [0.25, 0.3) is 16.9 Å². The number of ether oxygens (including phenoxy) is 7. The summed E-state index contributed by atoms with van der Waals surface area (Å²) < 4.78 is 81.4. The van der Waals surface area contributed by atoms with Crippen molar-refractivity contribution >= 4 is 23.2 Å². The van der Waals surface area contributed by atoms with Crippen molar-refractivity contribution in [1.82, 2.24) is 24.5 Å². The van der Waals surface area contributed by atoms with Crippen molar-refractivity contribution < 1.29 is 51.1 Å². The number of aryl methyl sites for hydroxylation is 2. The number of nitrogens with one attached hydrogen (secondary N) is 2. The maximum absolute atomic E-state index is 13.8. The van der Waals surface area contributed by atoms with Crippen LogP contribution < -0.4 is 21.1 Å². The van der Waals surface area contributed by atoms with E-state index in [1.165, 1.54) is 17.0 Å². The van der Waals surface area contributed by atoms with Crippen LogP contribution in [0.3, 0.4) is 0 Å². The first kappa shape index (κ1) is 46.5. The quantitative estimate of drug-likeness (QED) is 0.0539. The van der Waals surface area contributed by atoms with Crippen molar-refractivity contribution in [1.29, 1.82) is 0 Å². The summed E-state index contributed by atoms with van der Waals surface area (Å²) in [6.07, 6.45) is 3.18. The summed E-state index contributed by atoms with van der Waals surface area (Å²) in [5.41, 5.74) is 7.98. The number of halogens is 3. The fraction of sp³-hybridized carbons (Fsp3) is 0.405. The van der Waals surface area contributed by atoms with E-state index in [9.17, 15) is 18.0 Å². The third-order valence-corrected chi connectivity index (χ3v) is 8.54. The van der Waals surface area contributed by atoms with Crippen molar-refractivity contribution in [2.24, 2.45) is 5.73 Å². The van der Waals surface area contributed by atoms with Crippen LogP contribution in [0.5, 0.6) is 5.75 Å². The Morgan fingerprint density at radius 1 is 0.754 bits per heavy atom. The molecule has 61 heavy (non-hydrogen) atoms. The normalized spacial score (nSPS) is 11.5. The summed E-state index contributed by atoms with van der Waals surface area (Å²) in [6, 6.07) is 11.7. The molecule has 0 saturated carbocycles. The van der Waals surface area contributed by atoms with E-state index in [0.29, 0.717) is 121 Å². The highest BCUT2D eigenvalue weighted by molar-refractivity contribution is 6.05. The Hall–Kier alpha value is -5.54. The zero-order chi connectivity index (χ0) is 43.3. The number of imidazole rings is 1. The van der Waals surface area contributed by atoms with Gasteiger partial charge >= 0.3 is 6.18 Å². The number of nitrogens with zero attached hydrogens (tertiary/aromatic N) is 5. The van der Waals surface area contributed by atoms with Gasteiger partial charge < -0.3 is 54.1 Å². The number of pyridine rings is 1. The SMILES string of the molecule is Cc1cn(-c2cc(NC(=O)c3ccc(C)c(Nc4nccc(-c5cncc(OCCOCCOCCOCCOCCOCCOCCN)c5)n4)c3)cc(C(F)(F)F)c2)cn1. The minimum Gasteiger partial charge on any atom is -0.490 e. The van der Waals surface area contributed by atoms with Crippen LogP contribution in [0.1, 0.15) is 27.2 Å². The molecule has 0 aliphatic carbocycles. The van der Waals surface area contributed by atoms with E-state index in [1.54, 1.807) is 62.0 Å². The Balaban J connectivity index is 1.02. The largest absolute Gasteiger partial charge is 0.490 e. The molecule has 0 unspecified atom stereocenters. The second kappa shape index (κ2) is 24.7. The van der Waals surface area contributed by atoms with Gasteiger partial charge in [0.1, 0.15) is 12.4 Å². The Morgan fingerprint density at radius 3 is 2.00 bits per heavy atom. The van der Waals surface area contributed by atoms with Gasteiger partial charge in [0.05, 0.1) is 109 Å². The molecular weight excluding hydrogens is 802 g/mol. The molecule has 0 bridgehead atoms.